The number of aliphatic hydroxyl groups excluding tert-OH is 1. The maximum absolute atomic E-state index is 13.6. The van der Waals surface area contributed by atoms with Crippen LogP contribution in [0.15, 0.2) is 60.2 Å². The molecule has 1 amide bonds. The fourth-order valence-corrected chi connectivity index (χ4v) is 4.87. The number of carbonyl (C=O) groups excluding carboxylic acids is 2. The molecule has 1 fully saturated rings. The highest BCUT2D eigenvalue weighted by Gasteiger charge is 2.48. The first-order valence-electron chi connectivity index (χ1n) is 12.9. The Hall–Kier alpha value is -4.59. The number of Topliss-reactive ketones (excluding diaryl/α,β-unsaturated/α-hetero) is 1. The third kappa shape index (κ3) is 4.63. The molecule has 0 radical (unpaired) electrons. The lowest BCUT2D eigenvalue weighted by molar-refractivity contribution is -0.132. The lowest BCUT2D eigenvalue weighted by Gasteiger charge is -2.23. The summed E-state index contributed by atoms with van der Waals surface area (Å²) < 4.78 is 11.2. The summed E-state index contributed by atoms with van der Waals surface area (Å²) in [6, 6.07) is 15.3. The highest BCUT2D eigenvalue weighted by Crippen LogP contribution is 2.42. The van der Waals surface area contributed by atoms with Crippen molar-refractivity contribution in [1.29, 1.82) is 0 Å². The third-order valence-corrected chi connectivity index (χ3v) is 7.08. The fourth-order valence-electron chi connectivity index (χ4n) is 4.87. The Balaban J connectivity index is 1.69. The summed E-state index contributed by atoms with van der Waals surface area (Å²) in [6.45, 7) is 8.46. The summed E-state index contributed by atoms with van der Waals surface area (Å²) in [6.07, 6.45) is 0.867. The van der Waals surface area contributed by atoms with Gasteiger partial charge in [0.1, 0.15) is 17.3 Å². The number of imidazole rings is 1. The van der Waals surface area contributed by atoms with Gasteiger partial charge in [0.15, 0.2) is 0 Å². The number of ketones is 1. The number of aromatic amines is 1. The van der Waals surface area contributed by atoms with Crippen molar-refractivity contribution in [1.82, 2.24) is 9.97 Å². The first-order valence-corrected chi connectivity index (χ1v) is 12.9. The first kappa shape index (κ1) is 26.0. The van der Waals surface area contributed by atoms with Crippen LogP contribution in [0.1, 0.15) is 47.2 Å². The van der Waals surface area contributed by atoms with Gasteiger partial charge in [-0.3, -0.25) is 14.5 Å². The minimum Gasteiger partial charge on any atom is -0.507 e. The lowest BCUT2D eigenvalue weighted by Crippen LogP contribution is -2.30. The number of aromatic nitrogens is 2. The van der Waals surface area contributed by atoms with E-state index in [1.807, 2.05) is 39.8 Å². The number of methoxy groups -OCH3 is 1. The van der Waals surface area contributed by atoms with E-state index >= 15 is 0 Å². The fraction of sp³-hybridized carbons (Fsp3) is 0.258. The molecule has 0 spiro atoms. The molecule has 0 saturated carbocycles. The first-order chi connectivity index (χ1) is 18.7. The van der Waals surface area contributed by atoms with E-state index in [1.54, 1.807) is 49.6 Å². The largest absolute Gasteiger partial charge is 0.507 e. The molecule has 8 nitrogen and oxygen atoms in total. The molecule has 2 heterocycles. The molecule has 1 aromatic heterocycles. The Morgan fingerprint density at radius 1 is 1.03 bits per heavy atom. The number of nitrogens with zero attached hydrogens (tertiary/aromatic N) is 2. The second kappa shape index (κ2) is 10.3. The number of benzene rings is 3. The zero-order valence-electron chi connectivity index (χ0n) is 22.7. The van der Waals surface area contributed by atoms with Crippen LogP contribution in [0, 0.1) is 20.8 Å². The van der Waals surface area contributed by atoms with Crippen LogP contribution < -0.4 is 14.4 Å². The highest BCUT2D eigenvalue weighted by atomic mass is 16.5. The predicted molar refractivity (Wildman–Crippen MR) is 150 cm³/mol. The number of anilines is 1. The molecule has 2 N–H and O–H groups in total. The highest BCUT2D eigenvalue weighted by molar-refractivity contribution is 6.51. The van der Waals surface area contributed by atoms with E-state index in [-0.39, 0.29) is 17.3 Å². The summed E-state index contributed by atoms with van der Waals surface area (Å²) in [5.41, 5.74) is 5.36. The molecular formula is C31H31N3O5. The van der Waals surface area contributed by atoms with Gasteiger partial charge in [0.2, 0.25) is 5.95 Å². The smallest absolute Gasteiger partial charge is 0.302 e. The normalized spacial score (nSPS) is 16.7. The Morgan fingerprint density at radius 3 is 2.51 bits per heavy atom. The number of amides is 1. The van der Waals surface area contributed by atoms with Gasteiger partial charge < -0.3 is 19.6 Å². The van der Waals surface area contributed by atoms with Gasteiger partial charge in [-0.25, -0.2) is 4.98 Å². The van der Waals surface area contributed by atoms with E-state index in [2.05, 4.69) is 9.97 Å². The summed E-state index contributed by atoms with van der Waals surface area (Å²) in [5.74, 6) is -0.359. The molecule has 1 atom stereocenters. The number of H-pyrrole nitrogens is 1. The average molecular weight is 526 g/mol. The van der Waals surface area contributed by atoms with Crippen molar-refractivity contribution in [3.05, 3.63) is 88.0 Å². The van der Waals surface area contributed by atoms with Gasteiger partial charge in [-0.1, -0.05) is 19.1 Å². The van der Waals surface area contributed by atoms with Gasteiger partial charge in [-0.15, -0.1) is 0 Å². The van der Waals surface area contributed by atoms with Gasteiger partial charge >= 0.3 is 5.91 Å². The number of hydrogen-bond donors (Lipinski definition) is 2. The van der Waals surface area contributed by atoms with Crippen molar-refractivity contribution >= 4 is 34.4 Å². The minimum absolute atomic E-state index is 0.0253. The number of aliphatic hydroxyl groups is 1. The monoisotopic (exact) mass is 525 g/mol. The Kier molecular flexibility index (Phi) is 6.87. The van der Waals surface area contributed by atoms with Crippen LogP contribution >= 0.6 is 0 Å². The van der Waals surface area contributed by atoms with Crippen LogP contribution in [0.2, 0.25) is 0 Å². The maximum atomic E-state index is 13.6. The second-order valence-corrected chi connectivity index (χ2v) is 9.79. The van der Waals surface area contributed by atoms with Crippen LogP contribution in [0.3, 0.4) is 0 Å². The topological polar surface area (TPSA) is 105 Å². The van der Waals surface area contributed by atoms with E-state index in [1.165, 1.54) is 4.90 Å². The third-order valence-electron chi connectivity index (χ3n) is 7.08. The number of hydrogen-bond acceptors (Lipinski definition) is 6. The minimum atomic E-state index is -0.931. The Labute approximate surface area is 226 Å². The van der Waals surface area contributed by atoms with Gasteiger partial charge in [-0.05, 0) is 91.9 Å². The molecule has 0 aliphatic carbocycles. The zero-order chi connectivity index (χ0) is 27.8. The Bertz CT molecular complexity index is 1600. The molecule has 1 unspecified atom stereocenters. The standard InChI is InChI=1S/C31H31N3O5/c1-6-12-39-25-11-10-21(13-19(25)4)28(35)26-27(20-8-7-9-22(16-20)38-5)34(30(37)29(26)36)31-32-23-14-17(2)18(3)15-24(23)33-31/h7-11,13-16,27,35H,6,12H2,1-5H3,(H,32,33)/b28-26+. The van der Waals surface area contributed by atoms with Gasteiger partial charge in [0, 0.05) is 5.56 Å². The number of fused-ring (bicyclic) bond motifs is 1. The molecule has 1 aliphatic rings. The quantitative estimate of drug-likeness (QED) is 0.177. The number of nitrogens with one attached hydrogen (secondary N) is 1. The van der Waals surface area contributed by atoms with Crippen LogP contribution in [0.5, 0.6) is 11.5 Å². The van der Waals surface area contributed by atoms with Crippen LogP contribution in [-0.2, 0) is 9.59 Å². The summed E-state index contributed by atoms with van der Waals surface area (Å²) >= 11 is 0. The summed E-state index contributed by atoms with van der Waals surface area (Å²) in [5, 5.41) is 11.5. The number of aryl methyl sites for hydroxylation is 3. The SMILES string of the molecule is CCCOc1ccc(/C(O)=C2\C(=O)C(=O)N(c3nc4cc(C)c(C)cc4[nH]3)C2c2cccc(OC)c2)cc1C. The lowest BCUT2D eigenvalue weighted by atomic mass is 9.94. The molecule has 1 saturated heterocycles. The van der Waals surface area contributed by atoms with Crippen molar-refractivity contribution in [3.8, 4) is 11.5 Å². The van der Waals surface area contributed by atoms with Crippen LogP contribution in [0.25, 0.3) is 16.8 Å². The zero-order valence-corrected chi connectivity index (χ0v) is 22.7. The van der Waals surface area contributed by atoms with Gasteiger partial charge in [0.25, 0.3) is 5.78 Å². The average Bonchev–Trinajstić information content (AvgIpc) is 3.44. The molecule has 3 aromatic carbocycles. The second-order valence-electron chi connectivity index (χ2n) is 9.79. The van der Waals surface area contributed by atoms with E-state index in [0.29, 0.717) is 34.7 Å². The van der Waals surface area contributed by atoms with Crippen molar-refractivity contribution in [2.45, 2.75) is 40.2 Å². The molecule has 1 aliphatic heterocycles. The van der Waals surface area contributed by atoms with Crippen molar-refractivity contribution < 1.29 is 24.2 Å². The predicted octanol–water partition coefficient (Wildman–Crippen LogP) is 5.91. The van der Waals surface area contributed by atoms with Gasteiger partial charge in [0.05, 0.1) is 36.4 Å². The van der Waals surface area contributed by atoms with Crippen LogP contribution in [-0.4, -0.2) is 40.5 Å². The molecule has 0 bridgehead atoms. The molecule has 39 heavy (non-hydrogen) atoms. The van der Waals surface area contributed by atoms with E-state index in [9.17, 15) is 14.7 Å². The summed E-state index contributed by atoms with van der Waals surface area (Å²) in [4.78, 5) is 36.3. The maximum Gasteiger partial charge on any atom is 0.302 e. The number of rotatable bonds is 7. The van der Waals surface area contributed by atoms with E-state index in [0.717, 1.165) is 28.6 Å². The number of ether oxygens (including phenoxy) is 2. The number of carbonyl (C=O) groups is 2. The van der Waals surface area contributed by atoms with E-state index < -0.39 is 17.7 Å². The molecule has 200 valence electrons. The Morgan fingerprint density at radius 2 is 1.79 bits per heavy atom. The van der Waals surface area contributed by atoms with E-state index in [4.69, 9.17) is 9.47 Å². The summed E-state index contributed by atoms with van der Waals surface area (Å²) in [7, 11) is 1.55. The van der Waals surface area contributed by atoms with Crippen LogP contribution in [0.4, 0.5) is 5.95 Å². The van der Waals surface area contributed by atoms with Gasteiger partial charge in [-0.2, -0.15) is 0 Å². The van der Waals surface area contributed by atoms with Crippen molar-refractivity contribution in [2.24, 2.45) is 0 Å². The molecule has 8 heteroatoms. The van der Waals surface area contributed by atoms with Crippen molar-refractivity contribution in [2.75, 3.05) is 18.6 Å². The molecule has 4 aromatic rings. The molecular weight excluding hydrogens is 494 g/mol. The van der Waals surface area contributed by atoms with Crippen molar-refractivity contribution in [3.63, 3.8) is 0 Å². The molecule has 5 rings (SSSR count).